The van der Waals surface area contributed by atoms with Gasteiger partial charge >= 0.3 is 0 Å². The Morgan fingerprint density at radius 3 is 1.67 bits per heavy atom. The Bertz CT molecular complexity index is 626. The summed E-state index contributed by atoms with van der Waals surface area (Å²) in [5, 5.41) is 2.90. The van der Waals surface area contributed by atoms with Crippen LogP contribution in [0.4, 0.5) is 0 Å². The molecule has 4 heteroatoms. The topological polar surface area (TPSA) is 0 Å². The zero-order valence-electron chi connectivity index (χ0n) is 16.2. The first kappa shape index (κ1) is 28.7. The largest absolute Gasteiger partial charge is 1.00 e. The summed E-state index contributed by atoms with van der Waals surface area (Å²) in [6, 6.07) is 28.0. The predicted molar refractivity (Wildman–Crippen MR) is 109 cm³/mol. The molecule has 3 aromatic rings. The van der Waals surface area contributed by atoms with Gasteiger partial charge in [0.2, 0.25) is 0 Å². The van der Waals surface area contributed by atoms with Crippen molar-refractivity contribution in [1.82, 2.24) is 0 Å². The molecule has 0 saturated carbocycles. The van der Waals surface area contributed by atoms with E-state index in [-0.39, 0.29) is 60.2 Å². The fraction of sp³-hybridized carbons (Fsp3) is 0.261. The molecule has 0 bridgehead atoms. The first-order valence-electron chi connectivity index (χ1n) is 9.01. The molecule has 0 spiro atoms. The van der Waals surface area contributed by atoms with Crippen LogP contribution in [0.25, 0.3) is 0 Å². The Labute approximate surface area is 199 Å². The van der Waals surface area contributed by atoms with E-state index in [9.17, 15) is 0 Å². The van der Waals surface area contributed by atoms with Crippen molar-refractivity contribution in [2.75, 3.05) is 0 Å². The van der Waals surface area contributed by atoms with Crippen molar-refractivity contribution in [3.05, 3.63) is 90.0 Å². The predicted octanol–water partition coefficient (Wildman–Crippen LogP) is -1.61. The minimum absolute atomic E-state index is 0. The maximum absolute atomic E-state index is 2.26. The number of hydrogen-bond donors (Lipinski definition) is 0. The summed E-state index contributed by atoms with van der Waals surface area (Å²) in [6.45, 7) is 4.48. The number of rotatable bonds is 6. The maximum Gasteiger partial charge on any atom is 0.103 e. The fourth-order valence-corrected chi connectivity index (χ4v) is 4.03. The van der Waals surface area contributed by atoms with Gasteiger partial charge in [-0.2, -0.15) is 17.2 Å². The zero-order chi connectivity index (χ0) is 17.0. The average molecular weight is 582 g/mol. The van der Waals surface area contributed by atoms with Gasteiger partial charge in [-0.3, -0.25) is 0 Å². The molecule has 3 rings (SSSR count). The molecule has 0 fully saturated rings. The Morgan fingerprint density at radius 2 is 1.22 bits per heavy atom. The Hall–Kier alpha value is -0.543. The molecule has 1 radical (unpaired) electrons. The molecule has 0 N–H and O–H groups in total. The van der Waals surface area contributed by atoms with Crippen LogP contribution in [0.3, 0.4) is 0 Å². The molecule has 0 amide bonds. The van der Waals surface area contributed by atoms with Crippen LogP contribution in [-0.2, 0) is 38.7 Å². The van der Waals surface area contributed by atoms with Crippen molar-refractivity contribution in [3.8, 4) is 0 Å². The quantitative estimate of drug-likeness (QED) is 0.243. The fourth-order valence-electron chi connectivity index (χ4n) is 2.81. The molecule has 0 nitrogen and oxygen atoms in total. The van der Waals surface area contributed by atoms with E-state index in [0.717, 1.165) is 0 Å². The van der Waals surface area contributed by atoms with Crippen LogP contribution in [0.15, 0.2) is 78.9 Å². The molecular formula is C23H28Cl2HfSi-3. The average Bonchev–Trinajstić information content (AvgIpc) is 3.05. The second-order valence-electron chi connectivity index (χ2n) is 6.04. The third-order valence-electron chi connectivity index (χ3n) is 3.98. The van der Waals surface area contributed by atoms with Crippen LogP contribution in [0.5, 0.6) is 0 Å². The van der Waals surface area contributed by atoms with Gasteiger partial charge in [-0.25, -0.2) is 12.1 Å². The normalized spacial score (nSPS) is 8.96. The van der Waals surface area contributed by atoms with Gasteiger partial charge in [-0.15, -0.1) is 0 Å². The van der Waals surface area contributed by atoms with Crippen LogP contribution in [-0.4, -0.2) is 9.52 Å². The molecule has 0 saturated heterocycles. The molecule has 145 valence electrons. The van der Waals surface area contributed by atoms with Gasteiger partial charge in [0.25, 0.3) is 0 Å². The Morgan fingerprint density at radius 1 is 0.704 bits per heavy atom. The van der Waals surface area contributed by atoms with Gasteiger partial charge in [0, 0.05) is 25.8 Å². The Kier molecular flexibility index (Phi) is 18.6. The second-order valence-corrected chi connectivity index (χ2v) is 7.66. The number of benzene rings is 2. The van der Waals surface area contributed by atoms with Gasteiger partial charge < -0.3 is 24.8 Å². The van der Waals surface area contributed by atoms with E-state index in [1.54, 1.807) is 11.1 Å². The number of halogens is 2. The molecule has 0 atom stereocenters. The van der Waals surface area contributed by atoms with E-state index in [1.165, 1.54) is 36.1 Å². The number of hydrogen-bond acceptors (Lipinski definition) is 0. The summed E-state index contributed by atoms with van der Waals surface area (Å²) in [7, 11) is 0.271. The van der Waals surface area contributed by atoms with Crippen LogP contribution in [0.1, 0.15) is 37.8 Å². The SMILES string of the molecule is CCCc1ccc[c-]1CCC.[Cl-].[Cl-].[Hf].c1ccc([SiH]c2ccccc2)cc1. The van der Waals surface area contributed by atoms with Crippen LogP contribution >= 0.6 is 0 Å². The molecule has 27 heavy (non-hydrogen) atoms. The molecule has 3 aromatic carbocycles. The summed E-state index contributed by atoms with van der Waals surface area (Å²) in [4.78, 5) is 0. The van der Waals surface area contributed by atoms with Crippen LogP contribution < -0.4 is 35.2 Å². The molecule has 0 heterocycles. The summed E-state index contributed by atoms with van der Waals surface area (Å²) in [6.07, 6.45) is 5.03. The summed E-state index contributed by atoms with van der Waals surface area (Å²) in [5.74, 6) is 0. The van der Waals surface area contributed by atoms with E-state index >= 15 is 0 Å². The minimum atomic E-state index is 0. The summed E-state index contributed by atoms with van der Waals surface area (Å²) >= 11 is 0. The van der Waals surface area contributed by atoms with Gasteiger partial charge in [0.15, 0.2) is 0 Å². The summed E-state index contributed by atoms with van der Waals surface area (Å²) < 4.78 is 0. The van der Waals surface area contributed by atoms with E-state index in [4.69, 9.17) is 0 Å². The first-order chi connectivity index (χ1) is 11.8. The molecular weight excluding hydrogens is 554 g/mol. The number of aryl methyl sites for hydroxylation is 2. The molecule has 0 aliphatic rings. The van der Waals surface area contributed by atoms with E-state index in [1.807, 2.05) is 0 Å². The standard InChI is InChI=1S/C12H11Si.C11H17.2ClH.Hf/c1-3-7-11(8-4-1)13-12-9-5-2-6-10-12;1-3-6-10-8-5-9-11(10)7-4-2;;;/h1-10,13H;5,8-9H,3-4,6-7H2,1-2H3;2*1H;/q;-1;;;/p-2. The van der Waals surface area contributed by atoms with E-state index in [2.05, 4.69) is 92.7 Å². The van der Waals surface area contributed by atoms with E-state index < -0.39 is 0 Å². The van der Waals surface area contributed by atoms with Gasteiger partial charge in [-0.05, 0) is 0 Å². The summed E-state index contributed by atoms with van der Waals surface area (Å²) in [5.41, 5.74) is 3.13. The third kappa shape index (κ3) is 11.1. The maximum atomic E-state index is 2.26. The Balaban J connectivity index is 0. The molecule has 0 aromatic heterocycles. The van der Waals surface area contributed by atoms with Crippen molar-refractivity contribution in [2.24, 2.45) is 0 Å². The molecule has 0 unspecified atom stereocenters. The van der Waals surface area contributed by atoms with Gasteiger partial charge in [0.05, 0.1) is 0 Å². The first-order valence-corrected chi connectivity index (χ1v) is 10.2. The van der Waals surface area contributed by atoms with Crippen molar-refractivity contribution in [2.45, 2.75) is 39.5 Å². The van der Waals surface area contributed by atoms with Crippen molar-refractivity contribution < 1.29 is 50.7 Å². The zero-order valence-corrected chi connectivity index (χ0v) is 22.4. The van der Waals surface area contributed by atoms with Gasteiger partial charge in [-0.1, -0.05) is 111 Å². The second kappa shape index (κ2) is 17.5. The molecule has 0 aliphatic heterocycles. The van der Waals surface area contributed by atoms with Crippen LogP contribution in [0.2, 0.25) is 0 Å². The smallest absolute Gasteiger partial charge is 0.103 e. The minimum Gasteiger partial charge on any atom is -1.00 e. The van der Waals surface area contributed by atoms with Gasteiger partial charge in [0.1, 0.15) is 9.52 Å². The molecule has 0 aliphatic carbocycles. The van der Waals surface area contributed by atoms with Crippen LogP contribution in [0, 0.1) is 0 Å². The monoisotopic (exact) mass is 582 g/mol. The third-order valence-corrected chi connectivity index (χ3v) is 5.41. The van der Waals surface area contributed by atoms with Crippen molar-refractivity contribution >= 4 is 19.9 Å². The van der Waals surface area contributed by atoms with E-state index in [0.29, 0.717) is 0 Å². The van der Waals surface area contributed by atoms with Crippen molar-refractivity contribution in [1.29, 1.82) is 0 Å². The van der Waals surface area contributed by atoms with Crippen molar-refractivity contribution in [3.63, 3.8) is 0 Å².